The van der Waals surface area contributed by atoms with E-state index in [4.69, 9.17) is 9.98 Å². The first-order valence-corrected chi connectivity index (χ1v) is 8.26. The van der Waals surface area contributed by atoms with Gasteiger partial charge in [0.15, 0.2) is 0 Å². The lowest BCUT2D eigenvalue weighted by Crippen LogP contribution is -2.03. The molecule has 0 N–H and O–H groups in total. The van der Waals surface area contributed by atoms with Gasteiger partial charge in [0.25, 0.3) is 0 Å². The molecular weight excluding hydrogens is 284 g/mol. The Morgan fingerprint density at radius 3 is 1.40 bits per heavy atom. The zero-order valence-corrected chi connectivity index (χ0v) is 12.3. The standard InChI is InChI=1S/C16H12N2S2/c1-3-7-11(8-4-1)13-17-15-16(19-13)18-14(20-15)12-9-5-2-6-10-12/h1-10,15-16H/t15-,16+. The Morgan fingerprint density at radius 2 is 1.00 bits per heavy atom. The van der Waals surface area contributed by atoms with Gasteiger partial charge in [0, 0.05) is 11.1 Å². The number of rotatable bonds is 2. The average Bonchev–Trinajstić information content (AvgIpc) is 3.08. The molecule has 0 radical (unpaired) electrons. The second-order valence-corrected chi connectivity index (χ2v) is 6.83. The third-order valence-corrected chi connectivity index (χ3v) is 5.75. The zero-order chi connectivity index (χ0) is 13.4. The largest absolute Gasteiger partial charge is 0.260 e. The number of benzene rings is 2. The van der Waals surface area contributed by atoms with Gasteiger partial charge in [-0.2, -0.15) is 0 Å². The molecule has 0 fully saturated rings. The lowest BCUT2D eigenvalue weighted by atomic mass is 10.2. The summed E-state index contributed by atoms with van der Waals surface area (Å²) >= 11 is 3.55. The Balaban J connectivity index is 1.56. The number of hydrogen-bond donors (Lipinski definition) is 0. The summed E-state index contributed by atoms with van der Waals surface area (Å²) in [7, 11) is 0. The van der Waals surface area contributed by atoms with E-state index in [0.717, 1.165) is 10.1 Å². The maximum atomic E-state index is 4.82. The number of hydrogen-bond acceptors (Lipinski definition) is 4. The molecular formula is C16H12N2S2. The van der Waals surface area contributed by atoms with Gasteiger partial charge in [0.1, 0.15) is 20.8 Å². The molecule has 2 aliphatic heterocycles. The van der Waals surface area contributed by atoms with Crippen molar-refractivity contribution in [2.45, 2.75) is 10.7 Å². The average molecular weight is 296 g/mol. The third-order valence-electron chi connectivity index (χ3n) is 3.24. The molecule has 0 aromatic heterocycles. The van der Waals surface area contributed by atoms with Crippen LogP contribution in [0, 0.1) is 0 Å². The van der Waals surface area contributed by atoms with Gasteiger partial charge >= 0.3 is 0 Å². The van der Waals surface area contributed by atoms with Crippen LogP contribution < -0.4 is 0 Å². The fourth-order valence-corrected chi connectivity index (χ4v) is 4.75. The molecule has 2 aromatic rings. The number of aliphatic imine (C=N–C) groups is 2. The molecule has 2 atom stereocenters. The highest BCUT2D eigenvalue weighted by molar-refractivity contribution is 8.20. The summed E-state index contributed by atoms with van der Waals surface area (Å²) < 4.78 is 0. The number of nitrogens with zero attached hydrogens (tertiary/aromatic N) is 2. The van der Waals surface area contributed by atoms with Crippen LogP contribution in [-0.2, 0) is 0 Å². The molecule has 20 heavy (non-hydrogen) atoms. The maximum absolute atomic E-state index is 4.82. The highest BCUT2D eigenvalue weighted by Crippen LogP contribution is 2.43. The van der Waals surface area contributed by atoms with E-state index in [1.54, 1.807) is 23.5 Å². The summed E-state index contributed by atoms with van der Waals surface area (Å²) in [5, 5.41) is 2.68. The van der Waals surface area contributed by atoms with Gasteiger partial charge in [-0.3, -0.25) is 9.98 Å². The van der Waals surface area contributed by atoms with Crippen molar-refractivity contribution in [1.82, 2.24) is 0 Å². The topological polar surface area (TPSA) is 24.7 Å². The SMILES string of the molecule is c1ccc(C2=N[C@H]3SC(c4ccccc4)=N[C@@H]3S2)cc1. The van der Waals surface area contributed by atoms with Crippen LogP contribution in [0.15, 0.2) is 70.6 Å². The summed E-state index contributed by atoms with van der Waals surface area (Å²) in [5.41, 5.74) is 2.40. The van der Waals surface area contributed by atoms with Crippen molar-refractivity contribution in [3.05, 3.63) is 71.8 Å². The zero-order valence-electron chi connectivity index (χ0n) is 10.6. The van der Waals surface area contributed by atoms with Crippen molar-refractivity contribution in [2.75, 3.05) is 0 Å². The fourth-order valence-electron chi connectivity index (χ4n) is 2.26. The van der Waals surface area contributed by atoms with Crippen molar-refractivity contribution in [1.29, 1.82) is 0 Å². The van der Waals surface area contributed by atoms with Gasteiger partial charge in [0.2, 0.25) is 0 Å². The van der Waals surface area contributed by atoms with E-state index in [0.29, 0.717) is 0 Å². The van der Waals surface area contributed by atoms with E-state index in [-0.39, 0.29) is 10.7 Å². The Hall–Kier alpha value is -1.52. The van der Waals surface area contributed by atoms with E-state index in [2.05, 4.69) is 48.5 Å². The molecule has 0 saturated heterocycles. The molecule has 4 heteroatoms. The van der Waals surface area contributed by atoms with E-state index in [1.165, 1.54) is 11.1 Å². The molecule has 0 bridgehead atoms. The lowest BCUT2D eigenvalue weighted by molar-refractivity contribution is 0.898. The monoisotopic (exact) mass is 296 g/mol. The molecule has 0 amide bonds. The molecule has 2 aliphatic rings. The molecule has 2 aromatic carbocycles. The molecule has 2 heterocycles. The van der Waals surface area contributed by atoms with Crippen LogP contribution in [-0.4, -0.2) is 20.8 Å². The van der Waals surface area contributed by atoms with Crippen LogP contribution in [0.25, 0.3) is 0 Å². The molecule has 0 unspecified atom stereocenters. The van der Waals surface area contributed by atoms with Crippen molar-refractivity contribution in [2.24, 2.45) is 9.98 Å². The summed E-state index contributed by atoms with van der Waals surface area (Å²) in [5.74, 6) is 0. The van der Waals surface area contributed by atoms with Crippen molar-refractivity contribution >= 4 is 33.6 Å². The number of fused-ring (bicyclic) bond motifs is 1. The highest BCUT2D eigenvalue weighted by Gasteiger charge is 2.37. The summed E-state index contributed by atoms with van der Waals surface area (Å²) in [6.07, 6.45) is 0. The molecule has 2 nitrogen and oxygen atoms in total. The first-order valence-electron chi connectivity index (χ1n) is 6.50. The molecule has 0 saturated carbocycles. The molecule has 98 valence electrons. The highest BCUT2D eigenvalue weighted by atomic mass is 32.2. The van der Waals surface area contributed by atoms with Crippen LogP contribution in [0.4, 0.5) is 0 Å². The van der Waals surface area contributed by atoms with Crippen LogP contribution in [0.1, 0.15) is 11.1 Å². The van der Waals surface area contributed by atoms with E-state index in [1.807, 2.05) is 12.1 Å². The van der Waals surface area contributed by atoms with E-state index in [9.17, 15) is 0 Å². The number of thioether (sulfide) groups is 2. The van der Waals surface area contributed by atoms with Crippen molar-refractivity contribution in [3.8, 4) is 0 Å². The predicted molar refractivity (Wildman–Crippen MR) is 88.7 cm³/mol. The van der Waals surface area contributed by atoms with Crippen molar-refractivity contribution < 1.29 is 0 Å². The quantitative estimate of drug-likeness (QED) is 0.836. The van der Waals surface area contributed by atoms with E-state index < -0.39 is 0 Å². The maximum Gasteiger partial charge on any atom is 0.134 e. The summed E-state index contributed by atoms with van der Waals surface area (Å²) in [6.45, 7) is 0. The minimum atomic E-state index is 0.227. The Labute approximate surface area is 126 Å². The first-order chi connectivity index (χ1) is 9.90. The minimum Gasteiger partial charge on any atom is -0.260 e. The van der Waals surface area contributed by atoms with Crippen LogP contribution in [0.5, 0.6) is 0 Å². The Bertz CT molecular complexity index is 619. The summed E-state index contributed by atoms with van der Waals surface area (Å²) in [4.78, 5) is 9.65. The van der Waals surface area contributed by atoms with Gasteiger partial charge in [-0.1, -0.05) is 84.2 Å². The minimum absolute atomic E-state index is 0.227. The smallest absolute Gasteiger partial charge is 0.134 e. The van der Waals surface area contributed by atoms with Gasteiger partial charge in [-0.05, 0) is 0 Å². The van der Waals surface area contributed by atoms with Gasteiger partial charge in [0.05, 0.1) is 0 Å². The predicted octanol–water partition coefficient (Wildman–Crippen LogP) is 4.03. The van der Waals surface area contributed by atoms with Crippen LogP contribution in [0.3, 0.4) is 0 Å². The van der Waals surface area contributed by atoms with Gasteiger partial charge in [-0.25, -0.2) is 0 Å². The van der Waals surface area contributed by atoms with Crippen molar-refractivity contribution in [3.63, 3.8) is 0 Å². The second-order valence-electron chi connectivity index (χ2n) is 4.62. The first kappa shape index (κ1) is 12.2. The summed E-state index contributed by atoms with van der Waals surface area (Å²) in [6, 6.07) is 20.7. The van der Waals surface area contributed by atoms with Gasteiger partial charge in [-0.15, -0.1) is 0 Å². The second kappa shape index (κ2) is 5.11. The molecule has 0 aliphatic carbocycles. The Kier molecular flexibility index (Phi) is 3.13. The van der Waals surface area contributed by atoms with E-state index >= 15 is 0 Å². The lowest BCUT2D eigenvalue weighted by Gasteiger charge is -2.02. The van der Waals surface area contributed by atoms with Crippen LogP contribution in [0.2, 0.25) is 0 Å². The molecule has 4 rings (SSSR count). The Morgan fingerprint density at radius 1 is 0.600 bits per heavy atom. The molecule has 0 spiro atoms. The fraction of sp³-hybridized carbons (Fsp3) is 0.125. The normalized spacial score (nSPS) is 24.2. The third kappa shape index (κ3) is 2.19. The van der Waals surface area contributed by atoms with Crippen LogP contribution >= 0.6 is 23.5 Å². The van der Waals surface area contributed by atoms with Gasteiger partial charge < -0.3 is 0 Å².